The van der Waals surface area contributed by atoms with Crippen molar-refractivity contribution in [1.29, 1.82) is 0 Å². The second kappa shape index (κ2) is 4.69. The first-order valence-corrected chi connectivity index (χ1v) is 6.90. The van der Waals surface area contributed by atoms with Crippen molar-refractivity contribution in [2.45, 2.75) is 45.2 Å². The zero-order valence-electron chi connectivity index (χ0n) is 10.6. The molecule has 2 nitrogen and oxygen atoms in total. The average molecular weight is 230 g/mol. The van der Waals surface area contributed by atoms with Crippen molar-refractivity contribution in [3.8, 4) is 0 Å². The van der Waals surface area contributed by atoms with Gasteiger partial charge in [0.25, 0.3) is 0 Å². The van der Waals surface area contributed by atoms with Gasteiger partial charge in [0.05, 0.1) is 0 Å². The molecule has 1 aliphatic carbocycles. The van der Waals surface area contributed by atoms with Crippen LogP contribution in [0, 0.1) is 5.92 Å². The molecule has 2 N–H and O–H groups in total. The Hall–Kier alpha value is -1.02. The van der Waals surface area contributed by atoms with E-state index >= 15 is 0 Å². The van der Waals surface area contributed by atoms with Gasteiger partial charge in [0, 0.05) is 24.8 Å². The summed E-state index contributed by atoms with van der Waals surface area (Å²) in [6.07, 6.45) is 5.29. The molecule has 0 saturated heterocycles. The third-order valence-electron chi connectivity index (χ3n) is 4.17. The number of nitrogens with one attached hydrogen (secondary N) is 2. The van der Waals surface area contributed by atoms with Crippen LogP contribution in [0.1, 0.15) is 37.3 Å². The van der Waals surface area contributed by atoms with E-state index in [1.165, 1.54) is 42.5 Å². The first-order valence-electron chi connectivity index (χ1n) is 6.90. The third kappa shape index (κ3) is 2.47. The highest BCUT2D eigenvalue weighted by molar-refractivity contribution is 5.56. The van der Waals surface area contributed by atoms with Gasteiger partial charge < -0.3 is 10.6 Å². The predicted octanol–water partition coefficient (Wildman–Crippen LogP) is 2.93. The van der Waals surface area contributed by atoms with Crippen LogP contribution in [0.4, 0.5) is 5.69 Å². The molecule has 0 spiro atoms. The van der Waals surface area contributed by atoms with Crippen LogP contribution in [-0.2, 0) is 13.0 Å². The second-order valence-electron chi connectivity index (χ2n) is 5.66. The van der Waals surface area contributed by atoms with Gasteiger partial charge in [-0.1, -0.05) is 19.1 Å². The molecule has 0 aromatic heterocycles. The first kappa shape index (κ1) is 11.1. The van der Waals surface area contributed by atoms with E-state index in [1.54, 1.807) is 0 Å². The minimum atomic E-state index is 0.747. The van der Waals surface area contributed by atoms with Crippen molar-refractivity contribution >= 4 is 5.69 Å². The lowest BCUT2D eigenvalue weighted by atomic mass is 10.1. The highest BCUT2D eigenvalue weighted by Crippen LogP contribution is 2.26. The van der Waals surface area contributed by atoms with E-state index in [2.05, 4.69) is 35.8 Å². The predicted molar refractivity (Wildman–Crippen MR) is 72.3 cm³/mol. The van der Waals surface area contributed by atoms with Gasteiger partial charge in [-0.15, -0.1) is 0 Å². The van der Waals surface area contributed by atoms with Crippen molar-refractivity contribution < 1.29 is 0 Å². The molecular weight excluding hydrogens is 208 g/mol. The minimum absolute atomic E-state index is 0.747. The monoisotopic (exact) mass is 230 g/mol. The SMILES string of the molecule is CC1CCC(NCc2ccc3c(c2)CCN3)C1. The molecule has 1 aliphatic heterocycles. The number of benzene rings is 1. The lowest BCUT2D eigenvalue weighted by Gasteiger charge is -2.13. The lowest BCUT2D eigenvalue weighted by Crippen LogP contribution is -2.25. The van der Waals surface area contributed by atoms with Crippen LogP contribution in [0.3, 0.4) is 0 Å². The molecule has 1 heterocycles. The van der Waals surface area contributed by atoms with Crippen molar-refractivity contribution in [2.75, 3.05) is 11.9 Å². The average Bonchev–Trinajstić information content (AvgIpc) is 2.94. The smallest absolute Gasteiger partial charge is 0.0373 e. The molecule has 92 valence electrons. The molecule has 0 amide bonds. The minimum Gasteiger partial charge on any atom is -0.384 e. The molecular formula is C15H22N2. The Balaban J connectivity index is 1.58. The second-order valence-corrected chi connectivity index (χ2v) is 5.66. The van der Waals surface area contributed by atoms with Gasteiger partial charge in [0.1, 0.15) is 0 Å². The Labute approximate surface area is 104 Å². The summed E-state index contributed by atoms with van der Waals surface area (Å²) in [6, 6.07) is 7.59. The molecule has 17 heavy (non-hydrogen) atoms. The maximum absolute atomic E-state index is 3.70. The summed E-state index contributed by atoms with van der Waals surface area (Å²) in [7, 11) is 0. The van der Waals surface area contributed by atoms with Gasteiger partial charge in [-0.25, -0.2) is 0 Å². The van der Waals surface area contributed by atoms with E-state index in [1.807, 2.05) is 0 Å². The van der Waals surface area contributed by atoms with Gasteiger partial charge in [-0.05, 0) is 48.8 Å². The van der Waals surface area contributed by atoms with E-state index in [9.17, 15) is 0 Å². The van der Waals surface area contributed by atoms with Crippen LogP contribution >= 0.6 is 0 Å². The first-order chi connectivity index (χ1) is 8.31. The fourth-order valence-electron chi connectivity index (χ4n) is 3.12. The molecule has 2 aliphatic rings. The number of fused-ring (bicyclic) bond motifs is 1. The van der Waals surface area contributed by atoms with Crippen molar-refractivity contribution in [3.05, 3.63) is 29.3 Å². The van der Waals surface area contributed by atoms with Crippen LogP contribution in [-0.4, -0.2) is 12.6 Å². The molecule has 1 aromatic rings. The molecule has 2 atom stereocenters. The van der Waals surface area contributed by atoms with E-state index in [0.29, 0.717) is 0 Å². The Morgan fingerprint density at radius 2 is 2.29 bits per heavy atom. The van der Waals surface area contributed by atoms with E-state index < -0.39 is 0 Å². The zero-order valence-corrected chi connectivity index (χ0v) is 10.6. The lowest BCUT2D eigenvalue weighted by molar-refractivity contribution is 0.502. The van der Waals surface area contributed by atoms with Crippen molar-refractivity contribution in [3.63, 3.8) is 0 Å². The summed E-state index contributed by atoms with van der Waals surface area (Å²) in [5.41, 5.74) is 4.26. The largest absolute Gasteiger partial charge is 0.384 e. The van der Waals surface area contributed by atoms with Gasteiger partial charge >= 0.3 is 0 Å². The fraction of sp³-hybridized carbons (Fsp3) is 0.600. The molecule has 1 aromatic carbocycles. The highest BCUT2D eigenvalue weighted by atomic mass is 14.9. The Morgan fingerprint density at radius 3 is 3.12 bits per heavy atom. The molecule has 0 radical (unpaired) electrons. The summed E-state index contributed by atoms with van der Waals surface area (Å²) >= 11 is 0. The molecule has 3 rings (SSSR count). The summed E-state index contributed by atoms with van der Waals surface area (Å²) in [5, 5.41) is 7.11. The van der Waals surface area contributed by atoms with E-state index in [-0.39, 0.29) is 0 Å². The quantitative estimate of drug-likeness (QED) is 0.834. The zero-order chi connectivity index (χ0) is 11.7. The standard InChI is InChI=1S/C15H22N2/c1-11-2-4-14(8-11)17-10-12-3-5-15-13(9-12)6-7-16-15/h3,5,9,11,14,16-17H,2,4,6-8,10H2,1H3. The molecule has 1 saturated carbocycles. The van der Waals surface area contributed by atoms with Crippen molar-refractivity contribution in [2.24, 2.45) is 5.92 Å². The molecule has 0 bridgehead atoms. The summed E-state index contributed by atoms with van der Waals surface area (Å²) < 4.78 is 0. The number of rotatable bonds is 3. The van der Waals surface area contributed by atoms with Crippen LogP contribution in [0.25, 0.3) is 0 Å². The van der Waals surface area contributed by atoms with Crippen molar-refractivity contribution in [1.82, 2.24) is 5.32 Å². The van der Waals surface area contributed by atoms with Gasteiger partial charge in [-0.2, -0.15) is 0 Å². The van der Waals surface area contributed by atoms with Gasteiger partial charge in [-0.3, -0.25) is 0 Å². The number of hydrogen-bond acceptors (Lipinski definition) is 2. The normalized spacial score (nSPS) is 26.9. The Morgan fingerprint density at radius 1 is 1.35 bits per heavy atom. The van der Waals surface area contributed by atoms with Gasteiger partial charge in [0.2, 0.25) is 0 Å². The third-order valence-corrected chi connectivity index (χ3v) is 4.17. The molecule has 1 fully saturated rings. The van der Waals surface area contributed by atoms with Crippen LogP contribution in [0.15, 0.2) is 18.2 Å². The summed E-state index contributed by atoms with van der Waals surface area (Å²) in [4.78, 5) is 0. The van der Waals surface area contributed by atoms with Gasteiger partial charge in [0.15, 0.2) is 0 Å². The number of hydrogen-bond donors (Lipinski definition) is 2. The molecule has 2 unspecified atom stereocenters. The fourth-order valence-corrected chi connectivity index (χ4v) is 3.12. The van der Waals surface area contributed by atoms with E-state index in [4.69, 9.17) is 0 Å². The maximum atomic E-state index is 3.70. The Bertz CT molecular complexity index is 400. The summed E-state index contributed by atoms with van der Waals surface area (Å²) in [6.45, 7) is 4.50. The van der Waals surface area contributed by atoms with Crippen LogP contribution < -0.4 is 10.6 Å². The van der Waals surface area contributed by atoms with E-state index in [0.717, 1.165) is 25.0 Å². The Kier molecular flexibility index (Phi) is 3.06. The maximum Gasteiger partial charge on any atom is 0.0373 e. The molecule has 2 heteroatoms. The van der Waals surface area contributed by atoms with Crippen LogP contribution in [0.5, 0.6) is 0 Å². The highest BCUT2D eigenvalue weighted by Gasteiger charge is 2.20. The summed E-state index contributed by atoms with van der Waals surface area (Å²) in [5.74, 6) is 0.914. The number of anilines is 1. The topological polar surface area (TPSA) is 24.1 Å². The van der Waals surface area contributed by atoms with Crippen LogP contribution in [0.2, 0.25) is 0 Å².